The topological polar surface area (TPSA) is 63.4 Å². The molecule has 0 radical (unpaired) electrons. The maximum atomic E-state index is 13.2. The first-order chi connectivity index (χ1) is 9.98. The Kier molecular flexibility index (Phi) is 5.96. The fraction of sp³-hybridized carbons (Fsp3) is 0.647. The number of aryl methyl sites for hydroxylation is 2. The Morgan fingerprint density at radius 3 is 2.04 bits per heavy atom. The lowest BCUT2D eigenvalue weighted by Crippen LogP contribution is -2.54. The van der Waals surface area contributed by atoms with Gasteiger partial charge in [-0.3, -0.25) is 0 Å². The summed E-state index contributed by atoms with van der Waals surface area (Å²) >= 11 is 0. The van der Waals surface area contributed by atoms with Gasteiger partial charge in [0.15, 0.2) is 0 Å². The highest BCUT2D eigenvalue weighted by Crippen LogP contribution is 2.34. The van der Waals surface area contributed by atoms with Gasteiger partial charge >= 0.3 is 0 Å². The Balaban J connectivity index is 0.00000264. The molecule has 0 amide bonds. The first kappa shape index (κ1) is 20.4. The van der Waals surface area contributed by atoms with Crippen molar-refractivity contribution in [3.8, 4) is 0 Å². The van der Waals surface area contributed by atoms with Crippen molar-refractivity contribution in [3.05, 3.63) is 28.3 Å². The van der Waals surface area contributed by atoms with Crippen molar-refractivity contribution in [1.82, 2.24) is 4.31 Å². The predicted molar refractivity (Wildman–Crippen MR) is 97.8 cm³/mol. The summed E-state index contributed by atoms with van der Waals surface area (Å²) in [6.07, 6.45) is 0.703. The van der Waals surface area contributed by atoms with Crippen molar-refractivity contribution in [2.45, 2.75) is 58.9 Å². The van der Waals surface area contributed by atoms with Gasteiger partial charge in [0.1, 0.15) is 0 Å². The van der Waals surface area contributed by atoms with E-state index < -0.39 is 10.0 Å². The Labute approximate surface area is 146 Å². The average Bonchev–Trinajstić information content (AvgIpc) is 2.39. The van der Waals surface area contributed by atoms with E-state index in [1.165, 1.54) is 0 Å². The largest absolute Gasteiger partial charge is 0.327 e. The second-order valence-corrected chi connectivity index (χ2v) is 9.19. The molecule has 1 aliphatic heterocycles. The Morgan fingerprint density at radius 2 is 1.61 bits per heavy atom. The van der Waals surface area contributed by atoms with Crippen LogP contribution in [0.1, 0.15) is 42.5 Å². The molecule has 0 spiro atoms. The van der Waals surface area contributed by atoms with E-state index >= 15 is 0 Å². The summed E-state index contributed by atoms with van der Waals surface area (Å²) in [5, 5.41) is 0. The number of nitrogens with zero attached hydrogens (tertiary/aromatic N) is 1. The van der Waals surface area contributed by atoms with Crippen LogP contribution in [-0.4, -0.2) is 31.9 Å². The number of benzene rings is 1. The van der Waals surface area contributed by atoms with Crippen LogP contribution in [-0.2, 0) is 10.0 Å². The quantitative estimate of drug-likeness (QED) is 0.881. The summed E-state index contributed by atoms with van der Waals surface area (Å²) in [7, 11) is -3.49. The minimum atomic E-state index is -3.49. The molecule has 1 atom stereocenters. The monoisotopic (exact) mass is 360 g/mol. The molecule has 6 heteroatoms. The van der Waals surface area contributed by atoms with E-state index in [2.05, 4.69) is 6.07 Å². The maximum absolute atomic E-state index is 13.2. The smallest absolute Gasteiger partial charge is 0.243 e. The summed E-state index contributed by atoms with van der Waals surface area (Å²) in [5.41, 5.74) is 9.70. The number of rotatable bonds is 2. The zero-order chi connectivity index (χ0) is 16.9. The van der Waals surface area contributed by atoms with Crippen molar-refractivity contribution in [3.63, 3.8) is 0 Å². The van der Waals surface area contributed by atoms with Crippen molar-refractivity contribution in [2.75, 3.05) is 13.1 Å². The highest BCUT2D eigenvalue weighted by atomic mass is 35.5. The van der Waals surface area contributed by atoms with Crippen LogP contribution >= 0.6 is 12.4 Å². The third kappa shape index (κ3) is 3.58. The molecule has 1 fully saturated rings. The van der Waals surface area contributed by atoms with Crippen molar-refractivity contribution >= 4 is 22.4 Å². The van der Waals surface area contributed by atoms with Gasteiger partial charge < -0.3 is 5.73 Å². The molecule has 1 saturated heterocycles. The van der Waals surface area contributed by atoms with Crippen LogP contribution in [0.5, 0.6) is 0 Å². The van der Waals surface area contributed by atoms with Gasteiger partial charge in [-0.2, -0.15) is 4.31 Å². The Bertz CT molecular complexity index is 673. The fourth-order valence-corrected chi connectivity index (χ4v) is 5.43. The molecule has 1 unspecified atom stereocenters. The molecule has 0 aliphatic carbocycles. The van der Waals surface area contributed by atoms with E-state index in [9.17, 15) is 8.42 Å². The van der Waals surface area contributed by atoms with Crippen molar-refractivity contribution in [2.24, 2.45) is 11.1 Å². The molecule has 1 heterocycles. The number of halogens is 1. The third-order valence-electron chi connectivity index (χ3n) is 5.17. The van der Waals surface area contributed by atoms with Gasteiger partial charge in [0.05, 0.1) is 4.90 Å². The minimum absolute atomic E-state index is 0. The van der Waals surface area contributed by atoms with Crippen LogP contribution in [0.15, 0.2) is 11.0 Å². The molecule has 0 bridgehead atoms. The van der Waals surface area contributed by atoms with Gasteiger partial charge in [-0.05, 0) is 61.8 Å². The molecule has 1 aromatic carbocycles. The summed E-state index contributed by atoms with van der Waals surface area (Å²) < 4.78 is 28.0. The van der Waals surface area contributed by atoms with E-state index in [1.54, 1.807) is 4.31 Å². The molecular weight excluding hydrogens is 332 g/mol. The summed E-state index contributed by atoms with van der Waals surface area (Å²) in [4.78, 5) is 0.483. The van der Waals surface area contributed by atoms with Crippen molar-refractivity contribution < 1.29 is 8.42 Å². The third-order valence-corrected chi connectivity index (χ3v) is 7.29. The number of hydrogen-bond acceptors (Lipinski definition) is 3. The number of sulfonamides is 1. The van der Waals surface area contributed by atoms with Gasteiger partial charge in [-0.25, -0.2) is 8.42 Å². The van der Waals surface area contributed by atoms with E-state index in [0.29, 0.717) is 24.4 Å². The van der Waals surface area contributed by atoms with Crippen LogP contribution in [0, 0.1) is 33.1 Å². The number of hydrogen-bond donors (Lipinski definition) is 1. The highest BCUT2D eigenvalue weighted by Gasteiger charge is 2.39. The van der Waals surface area contributed by atoms with Crippen LogP contribution < -0.4 is 5.73 Å². The van der Waals surface area contributed by atoms with E-state index in [4.69, 9.17) is 5.73 Å². The second-order valence-electron chi connectivity index (χ2n) is 7.31. The maximum Gasteiger partial charge on any atom is 0.243 e. The standard InChI is InChI=1S/C17H28N2O2S.ClH/c1-11-9-12(2)14(4)16(13(11)3)22(20,21)19-8-7-15(18)17(5,6)10-19;/h9,15H,7-8,10,18H2,1-6H3;1H. The highest BCUT2D eigenvalue weighted by molar-refractivity contribution is 7.89. The molecule has 23 heavy (non-hydrogen) atoms. The zero-order valence-electron chi connectivity index (χ0n) is 14.9. The minimum Gasteiger partial charge on any atom is -0.327 e. The van der Waals surface area contributed by atoms with Gasteiger partial charge in [-0.1, -0.05) is 19.9 Å². The number of nitrogens with two attached hydrogens (primary N) is 1. The lowest BCUT2D eigenvalue weighted by atomic mass is 9.81. The first-order valence-corrected chi connectivity index (χ1v) is 9.25. The summed E-state index contributed by atoms with van der Waals surface area (Å²) in [6.45, 7) is 12.8. The molecule has 0 saturated carbocycles. The molecule has 132 valence electrons. The van der Waals surface area contributed by atoms with Crippen LogP contribution in [0.3, 0.4) is 0 Å². The molecule has 1 aromatic rings. The normalized spacial score (nSPS) is 21.8. The van der Waals surface area contributed by atoms with Gasteiger partial charge in [0, 0.05) is 19.1 Å². The SMILES string of the molecule is Cc1cc(C)c(C)c(S(=O)(=O)N2CCC(N)C(C)(C)C2)c1C.Cl. The molecule has 1 aliphatic rings. The van der Waals surface area contributed by atoms with Gasteiger partial charge in [-0.15, -0.1) is 12.4 Å². The lowest BCUT2D eigenvalue weighted by molar-refractivity contribution is 0.155. The summed E-state index contributed by atoms with van der Waals surface area (Å²) in [6, 6.07) is 2.10. The fourth-order valence-electron chi connectivity index (χ4n) is 3.23. The van der Waals surface area contributed by atoms with E-state index in [-0.39, 0.29) is 23.9 Å². The number of piperidine rings is 1. The van der Waals surface area contributed by atoms with E-state index in [1.807, 2.05) is 41.5 Å². The van der Waals surface area contributed by atoms with Gasteiger partial charge in [0.2, 0.25) is 10.0 Å². The van der Waals surface area contributed by atoms with Crippen LogP contribution in [0.2, 0.25) is 0 Å². The van der Waals surface area contributed by atoms with E-state index in [0.717, 1.165) is 22.3 Å². The molecule has 2 rings (SSSR count). The molecule has 2 N–H and O–H groups in total. The molecule has 0 aromatic heterocycles. The first-order valence-electron chi connectivity index (χ1n) is 7.81. The second kappa shape index (κ2) is 6.71. The lowest BCUT2D eigenvalue weighted by Gasteiger charge is -2.42. The average molecular weight is 361 g/mol. The van der Waals surface area contributed by atoms with Crippen LogP contribution in [0.25, 0.3) is 0 Å². The zero-order valence-corrected chi connectivity index (χ0v) is 16.6. The Morgan fingerprint density at radius 1 is 1.13 bits per heavy atom. The molecular formula is C17H29ClN2O2S. The molecule has 4 nitrogen and oxygen atoms in total. The summed E-state index contributed by atoms with van der Waals surface area (Å²) in [5.74, 6) is 0. The van der Waals surface area contributed by atoms with Crippen molar-refractivity contribution in [1.29, 1.82) is 0 Å². The predicted octanol–water partition coefficient (Wildman–Crippen LogP) is 3.09. The van der Waals surface area contributed by atoms with Crippen LogP contribution in [0.4, 0.5) is 0 Å². The Hall–Kier alpha value is -0.620. The van der Waals surface area contributed by atoms with Gasteiger partial charge in [0.25, 0.3) is 0 Å².